The van der Waals surface area contributed by atoms with Gasteiger partial charge in [-0.25, -0.2) is 4.79 Å². The lowest BCUT2D eigenvalue weighted by Gasteiger charge is -2.34. The number of hydrogen-bond donors (Lipinski definition) is 3. The summed E-state index contributed by atoms with van der Waals surface area (Å²) >= 11 is 0. The molecule has 0 saturated heterocycles. The normalized spacial score (nSPS) is 21.5. The molecule has 0 aromatic heterocycles. The smallest absolute Gasteiger partial charge is 0.407 e. The Hall–Kier alpha value is -3.35. The van der Waals surface area contributed by atoms with Gasteiger partial charge in [0.1, 0.15) is 6.61 Å². The summed E-state index contributed by atoms with van der Waals surface area (Å²) in [5.74, 6) is -0.218. The Bertz CT molecular complexity index is 1060. The summed E-state index contributed by atoms with van der Waals surface area (Å²) in [6, 6.07) is 16.4. The first kappa shape index (κ1) is 22.4. The van der Waals surface area contributed by atoms with Crippen LogP contribution in [0, 0.1) is 17.3 Å². The fourth-order valence-electron chi connectivity index (χ4n) is 5.40. The van der Waals surface area contributed by atoms with Crippen molar-refractivity contribution in [2.75, 3.05) is 19.7 Å². The first-order valence-electron chi connectivity index (χ1n) is 12.0. The molecule has 178 valence electrons. The van der Waals surface area contributed by atoms with E-state index in [4.69, 9.17) is 9.84 Å². The molecule has 0 radical (unpaired) electrons. The second-order valence-electron chi connectivity index (χ2n) is 9.97. The van der Waals surface area contributed by atoms with E-state index >= 15 is 0 Å². The summed E-state index contributed by atoms with van der Waals surface area (Å²) in [7, 11) is 0. The third-order valence-electron chi connectivity index (χ3n) is 7.60. The van der Waals surface area contributed by atoms with Crippen molar-refractivity contribution >= 4 is 18.0 Å². The van der Waals surface area contributed by atoms with Crippen LogP contribution < -0.4 is 10.6 Å². The zero-order chi connectivity index (χ0) is 23.7. The number of nitrogens with one attached hydrogen (secondary N) is 2. The second kappa shape index (κ2) is 9.12. The van der Waals surface area contributed by atoms with Gasteiger partial charge in [-0.15, -0.1) is 0 Å². The van der Waals surface area contributed by atoms with E-state index in [-0.39, 0.29) is 37.3 Å². The standard InChI is InChI=1S/C27H30N2O5/c30-24(31)13-17-11-18(12-17)14-28-25(32)27(9-10-27)16-29-26(33)34-15-23-21-7-3-1-5-19(21)20-6-2-4-8-22(20)23/h1-8,17-18,23H,9-16H2,(H,28,32)(H,29,33)(H,30,31). The Kier molecular flexibility index (Phi) is 6.02. The number of carbonyl (C=O) groups is 3. The summed E-state index contributed by atoms with van der Waals surface area (Å²) in [6.45, 7) is 1.09. The highest BCUT2D eigenvalue weighted by Gasteiger charge is 2.50. The maximum absolute atomic E-state index is 12.7. The van der Waals surface area contributed by atoms with Crippen LogP contribution in [0.25, 0.3) is 11.1 Å². The Balaban J connectivity index is 1.08. The summed E-state index contributed by atoms with van der Waals surface area (Å²) < 4.78 is 5.58. The van der Waals surface area contributed by atoms with Crippen molar-refractivity contribution in [3.05, 3.63) is 59.7 Å². The Morgan fingerprint density at radius 1 is 0.912 bits per heavy atom. The monoisotopic (exact) mass is 462 g/mol. The largest absolute Gasteiger partial charge is 0.481 e. The predicted molar refractivity (Wildman–Crippen MR) is 126 cm³/mol. The minimum absolute atomic E-state index is 0.00348. The van der Waals surface area contributed by atoms with Gasteiger partial charge in [0.25, 0.3) is 0 Å². The van der Waals surface area contributed by atoms with Crippen molar-refractivity contribution < 1.29 is 24.2 Å². The van der Waals surface area contributed by atoms with E-state index in [0.717, 1.165) is 36.8 Å². The summed E-state index contributed by atoms with van der Waals surface area (Å²) in [4.78, 5) is 35.9. The molecule has 3 N–H and O–H groups in total. The van der Waals surface area contributed by atoms with Crippen molar-refractivity contribution in [2.45, 2.75) is 38.0 Å². The number of carboxylic acids is 1. The van der Waals surface area contributed by atoms with Crippen LogP contribution in [-0.2, 0) is 14.3 Å². The summed E-state index contributed by atoms with van der Waals surface area (Å²) in [5, 5.41) is 14.6. The van der Waals surface area contributed by atoms with Crippen LogP contribution in [0.5, 0.6) is 0 Å². The zero-order valence-electron chi connectivity index (χ0n) is 19.1. The van der Waals surface area contributed by atoms with Crippen molar-refractivity contribution in [3.8, 4) is 11.1 Å². The van der Waals surface area contributed by atoms with Gasteiger partial charge in [-0.05, 0) is 59.8 Å². The Morgan fingerprint density at radius 2 is 1.53 bits per heavy atom. The van der Waals surface area contributed by atoms with Gasteiger partial charge in [-0.1, -0.05) is 48.5 Å². The van der Waals surface area contributed by atoms with E-state index < -0.39 is 17.5 Å². The van der Waals surface area contributed by atoms with E-state index in [1.807, 2.05) is 24.3 Å². The fraction of sp³-hybridized carbons (Fsp3) is 0.444. The molecule has 7 heteroatoms. The quantitative estimate of drug-likeness (QED) is 0.524. The molecule has 0 bridgehead atoms. The lowest BCUT2D eigenvalue weighted by Crippen LogP contribution is -2.44. The highest BCUT2D eigenvalue weighted by Crippen LogP contribution is 2.46. The predicted octanol–water partition coefficient (Wildman–Crippen LogP) is 3.92. The SMILES string of the molecule is O=C(O)CC1CC(CNC(=O)C2(CNC(=O)OCC3c4ccccc4-c4ccccc43)CC2)C1. The minimum atomic E-state index is -0.760. The minimum Gasteiger partial charge on any atom is -0.481 e. The van der Waals surface area contributed by atoms with E-state index in [9.17, 15) is 14.4 Å². The highest BCUT2D eigenvalue weighted by atomic mass is 16.5. The van der Waals surface area contributed by atoms with Crippen LogP contribution in [-0.4, -0.2) is 42.8 Å². The third kappa shape index (κ3) is 4.52. The molecule has 0 heterocycles. The fourth-order valence-corrected chi connectivity index (χ4v) is 5.40. The molecule has 2 aromatic carbocycles. The molecule has 2 fully saturated rings. The molecule has 3 aliphatic rings. The Morgan fingerprint density at radius 3 is 2.12 bits per heavy atom. The number of carbonyl (C=O) groups excluding carboxylic acids is 2. The summed E-state index contributed by atoms with van der Waals surface area (Å²) in [5.41, 5.74) is 4.14. The lowest BCUT2D eigenvalue weighted by molar-refractivity contribution is -0.139. The van der Waals surface area contributed by atoms with Gasteiger partial charge < -0.3 is 20.5 Å². The maximum Gasteiger partial charge on any atom is 0.407 e. The van der Waals surface area contributed by atoms with E-state index in [1.165, 1.54) is 11.1 Å². The lowest BCUT2D eigenvalue weighted by atomic mass is 9.73. The molecule has 2 aromatic rings. The Labute approximate surface area is 198 Å². The molecule has 0 spiro atoms. The van der Waals surface area contributed by atoms with E-state index in [1.54, 1.807) is 0 Å². The molecule has 3 aliphatic carbocycles. The topological polar surface area (TPSA) is 105 Å². The molecular weight excluding hydrogens is 432 g/mol. The van der Waals surface area contributed by atoms with Crippen LogP contribution in [0.3, 0.4) is 0 Å². The van der Waals surface area contributed by atoms with E-state index in [2.05, 4.69) is 34.9 Å². The maximum atomic E-state index is 12.7. The van der Waals surface area contributed by atoms with E-state index in [0.29, 0.717) is 12.5 Å². The van der Waals surface area contributed by atoms with Gasteiger partial charge in [0, 0.05) is 25.4 Å². The number of ether oxygens (including phenoxy) is 1. The number of amides is 2. The molecule has 2 amide bonds. The van der Waals surface area contributed by atoms with Gasteiger partial charge in [-0.3, -0.25) is 9.59 Å². The highest BCUT2D eigenvalue weighted by molar-refractivity contribution is 5.86. The number of benzene rings is 2. The van der Waals surface area contributed by atoms with Crippen LogP contribution in [0.1, 0.15) is 49.1 Å². The number of alkyl carbamates (subject to hydrolysis) is 1. The molecule has 0 unspecified atom stereocenters. The number of aliphatic carboxylic acids is 1. The number of carboxylic acid groups (broad SMARTS) is 1. The number of hydrogen-bond acceptors (Lipinski definition) is 4. The van der Waals surface area contributed by atoms with Gasteiger partial charge in [0.05, 0.1) is 5.41 Å². The van der Waals surface area contributed by atoms with Crippen LogP contribution in [0.15, 0.2) is 48.5 Å². The average molecular weight is 463 g/mol. The van der Waals surface area contributed by atoms with Crippen molar-refractivity contribution in [3.63, 3.8) is 0 Å². The van der Waals surface area contributed by atoms with Gasteiger partial charge in [-0.2, -0.15) is 0 Å². The molecule has 2 saturated carbocycles. The molecule has 34 heavy (non-hydrogen) atoms. The first-order valence-corrected chi connectivity index (χ1v) is 12.0. The van der Waals surface area contributed by atoms with Crippen molar-refractivity contribution in [2.24, 2.45) is 17.3 Å². The van der Waals surface area contributed by atoms with Crippen molar-refractivity contribution in [1.29, 1.82) is 0 Å². The van der Waals surface area contributed by atoms with Gasteiger partial charge >= 0.3 is 12.1 Å². The molecular formula is C27H30N2O5. The average Bonchev–Trinajstić information content (AvgIpc) is 3.54. The molecule has 5 rings (SSSR count). The first-order chi connectivity index (χ1) is 16.4. The third-order valence-corrected chi connectivity index (χ3v) is 7.60. The van der Waals surface area contributed by atoms with Crippen molar-refractivity contribution in [1.82, 2.24) is 10.6 Å². The van der Waals surface area contributed by atoms with Gasteiger partial charge in [0.2, 0.25) is 5.91 Å². The molecule has 0 aliphatic heterocycles. The second-order valence-corrected chi connectivity index (χ2v) is 9.97. The molecule has 7 nitrogen and oxygen atoms in total. The van der Waals surface area contributed by atoms with Crippen LogP contribution >= 0.6 is 0 Å². The molecule has 0 atom stereocenters. The number of fused-ring (bicyclic) bond motifs is 3. The number of rotatable bonds is 9. The van der Waals surface area contributed by atoms with Crippen LogP contribution in [0.4, 0.5) is 4.79 Å². The van der Waals surface area contributed by atoms with Gasteiger partial charge in [0.15, 0.2) is 0 Å². The zero-order valence-corrected chi connectivity index (χ0v) is 19.1. The van der Waals surface area contributed by atoms with Crippen LogP contribution in [0.2, 0.25) is 0 Å². The summed E-state index contributed by atoms with van der Waals surface area (Å²) in [6.07, 6.45) is 2.88.